The minimum atomic E-state index is 0.899. The van der Waals surface area contributed by atoms with E-state index in [-0.39, 0.29) is 0 Å². The SMILES string of the molecule is c1ccc(-c2ccc3c(c2)oc2ccccc23)c(-c2ccc(N(c3ccc(-c4ccccc4-n4c5ccccc5c5ccccc54)cc3)c3cccc4ccccc34)cc2)c1. The van der Waals surface area contributed by atoms with Crippen molar-refractivity contribution in [3.8, 4) is 39.1 Å². The Kier molecular flexibility index (Phi) is 8.17. The number of nitrogens with zero attached hydrogens (tertiary/aromatic N) is 2. The number of hydrogen-bond acceptors (Lipinski definition) is 2. The van der Waals surface area contributed by atoms with Crippen molar-refractivity contribution in [1.29, 1.82) is 0 Å². The molecule has 0 saturated heterocycles. The van der Waals surface area contributed by atoms with Crippen molar-refractivity contribution >= 4 is 71.6 Å². The second-order valence-corrected chi connectivity index (χ2v) is 15.7. The highest BCUT2D eigenvalue weighted by molar-refractivity contribution is 6.10. The van der Waals surface area contributed by atoms with E-state index in [4.69, 9.17) is 4.42 Å². The van der Waals surface area contributed by atoms with Crippen LogP contribution in [-0.2, 0) is 0 Å². The first-order valence-electron chi connectivity index (χ1n) is 20.8. The lowest BCUT2D eigenvalue weighted by Crippen LogP contribution is -2.10. The van der Waals surface area contributed by atoms with Gasteiger partial charge in [0.05, 0.1) is 22.4 Å². The first-order chi connectivity index (χ1) is 30.3. The van der Waals surface area contributed by atoms with Crippen molar-refractivity contribution in [2.24, 2.45) is 0 Å². The number of para-hydroxylation sites is 4. The van der Waals surface area contributed by atoms with E-state index >= 15 is 0 Å². The summed E-state index contributed by atoms with van der Waals surface area (Å²) in [6.45, 7) is 0. The van der Waals surface area contributed by atoms with E-state index in [1.807, 2.05) is 12.1 Å². The summed E-state index contributed by atoms with van der Waals surface area (Å²) >= 11 is 0. The summed E-state index contributed by atoms with van der Waals surface area (Å²) in [6.07, 6.45) is 0. The topological polar surface area (TPSA) is 21.3 Å². The molecule has 2 aromatic heterocycles. The Morgan fingerprint density at radius 1 is 0.328 bits per heavy atom. The molecule has 12 aromatic rings. The summed E-state index contributed by atoms with van der Waals surface area (Å²) in [5, 5.41) is 7.19. The molecule has 286 valence electrons. The third-order valence-corrected chi connectivity index (χ3v) is 12.2. The van der Waals surface area contributed by atoms with Crippen molar-refractivity contribution < 1.29 is 4.42 Å². The Morgan fingerprint density at radius 2 is 0.820 bits per heavy atom. The zero-order chi connectivity index (χ0) is 40.3. The number of anilines is 3. The molecule has 0 atom stereocenters. The Balaban J connectivity index is 0.948. The molecule has 12 rings (SSSR count). The Hall–Kier alpha value is -8.14. The van der Waals surface area contributed by atoms with Gasteiger partial charge in [-0.25, -0.2) is 0 Å². The van der Waals surface area contributed by atoms with Gasteiger partial charge < -0.3 is 13.9 Å². The molecular weight excluding hydrogens is 741 g/mol. The first kappa shape index (κ1) is 34.9. The van der Waals surface area contributed by atoms with E-state index in [2.05, 4.69) is 228 Å². The van der Waals surface area contributed by atoms with Gasteiger partial charge in [-0.3, -0.25) is 0 Å². The number of benzene rings is 10. The van der Waals surface area contributed by atoms with Crippen molar-refractivity contribution in [2.75, 3.05) is 4.90 Å². The molecule has 3 nitrogen and oxygen atoms in total. The highest BCUT2D eigenvalue weighted by Crippen LogP contribution is 2.43. The zero-order valence-electron chi connectivity index (χ0n) is 33.2. The number of hydrogen-bond donors (Lipinski definition) is 0. The Morgan fingerprint density at radius 3 is 1.52 bits per heavy atom. The molecule has 0 aliphatic rings. The van der Waals surface area contributed by atoms with Crippen LogP contribution < -0.4 is 4.90 Å². The first-order valence-corrected chi connectivity index (χ1v) is 20.8. The second kappa shape index (κ2) is 14.3. The summed E-state index contributed by atoms with van der Waals surface area (Å²) in [5.74, 6) is 0. The normalized spacial score (nSPS) is 11.6. The smallest absolute Gasteiger partial charge is 0.136 e. The van der Waals surface area contributed by atoms with Crippen LogP contribution in [0.1, 0.15) is 0 Å². The molecule has 61 heavy (non-hydrogen) atoms. The predicted octanol–water partition coefficient (Wildman–Crippen LogP) is 16.3. The molecule has 0 radical (unpaired) electrons. The van der Waals surface area contributed by atoms with E-state index in [1.165, 1.54) is 49.3 Å². The standard InChI is InChI=1S/C58H38N2O/c1-2-18-47-39(14-1)15-13-26-53(47)59(43-33-28-40(29-34-43)45-16-3-4-17-46(45)42-32-37-52-51-22-8-12-27-57(51)61-58(52)38-42)44-35-30-41(31-36-44)48-19-5-9-23-54(48)60-55-24-10-6-20-49(55)50-21-7-11-25-56(50)60/h1-38H. The molecule has 0 fully saturated rings. The van der Waals surface area contributed by atoms with Gasteiger partial charge in [-0.2, -0.15) is 0 Å². The van der Waals surface area contributed by atoms with Gasteiger partial charge in [-0.05, 0) is 99.9 Å². The fourth-order valence-corrected chi connectivity index (χ4v) is 9.39. The van der Waals surface area contributed by atoms with Gasteiger partial charge in [0, 0.05) is 43.9 Å². The van der Waals surface area contributed by atoms with Crippen LogP contribution in [0.25, 0.3) is 93.6 Å². The molecule has 0 unspecified atom stereocenters. The molecule has 10 aromatic carbocycles. The highest BCUT2D eigenvalue weighted by Gasteiger charge is 2.19. The van der Waals surface area contributed by atoms with Gasteiger partial charge in [-0.1, -0.05) is 164 Å². The molecule has 0 aliphatic heterocycles. The summed E-state index contributed by atoms with van der Waals surface area (Å²) in [5.41, 5.74) is 15.6. The fraction of sp³-hybridized carbons (Fsp3) is 0. The van der Waals surface area contributed by atoms with Gasteiger partial charge in [0.1, 0.15) is 11.2 Å². The molecule has 0 N–H and O–H groups in total. The third kappa shape index (κ3) is 5.82. The predicted molar refractivity (Wildman–Crippen MR) is 257 cm³/mol. The van der Waals surface area contributed by atoms with Crippen LogP contribution in [-0.4, -0.2) is 4.57 Å². The number of aromatic nitrogens is 1. The Labute approximate surface area is 353 Å². The van der Waals surface area contributed by atoms with Crippen LogP contribution in [0, 0.1) is 0 Å². The van der Waals surface area contributed by atoms with E-state index < -0.39 is 0 Å². The van der Waals surface area contributed by atoms with Crippen LogP contribution in [0.4, 0.5) is 17.1 Å². The van der Waals surface area contributed by atoms with Crippen LogP contribution >= 0.6 is 0 Å². The van der Waals surface area contributed by atoms with Crippen LogP contribution in [0.15, 0.2) is 235 Å². The maximum absolute atomic E-state index is 6.30. The van der Waals surface area contributed by atoms with Gasteiger partial charge in [0.15, 0.2) is 0 Å². The third-order valence-electron chi connectivity index (χ3n) is 12.2. The second-order valence-electron chi connectivity index (χ2n) is 15.7. The average Bonchev–Trinajstić information content (AvgIpc) is 3.88. The van der Waals surface area contributed by atoms with Crippen molar-refractivity contribution in [2.45, 2.75) is 0 Å². The largest absolute Gasteiger partial charge is 0.456 e. The monoisotopic (exact) mass is 778 g/mol. The van der Waals surface area contributed by atoms with Crippen molar-refractivity contribution in [1.82, 2.24) is 4.57 Å². The number of furan rings is 1. The van der Waals surface area contributed by atoms with E-state index in [0.717, 1.165) is 61.4 Å². The minimum Gasteiger partial charge on any atom is -0.456 e. The summed E-state index contributed by atoms with van der Waals surface area (Å²) in [4.78, 5) is 2.39. The average molecular weight is 779 g/mol. The molecule has 3 heteroatoms. The number of fused-ring (bicyclic) bond motifs is 7. The fourth-order valence-electron chi connectivity index (χ4n) is 9.39. The number of rotatable bonds is 7. The Bertz CT molecular complexity index is 3530. The summed E-state index contributed by atoms with van der Waals surface area (Å²) < 4.78 is 8.71. The maximum atomic E-state index is 6.30. The maximum Gasteiger partial charge on any atom is 0.136 e. The lowest BCUT2D eigenvalue weighted by molar-refractivity contribution is 0.669. The molecule has 2 heterocycles. The van der Waals surface area contributed by atoms with Gasteiger partial charge >= 0.3 is 0 Å². The molecular formula is C58H38N2O. The molecule has 0 amide bonds. The van der Waals surface area contributed by atoms with E-state index in [0.29, 0.717) is 0 Å². The van der Waals surface area contributed by atoms with Crippen LogP contribution in [0.5, 0.6) is 0 Å². The minimum absolute atomic E-state index is 0.899. The van der Waals surface area contributed by atoms with Crippen molar-refractivity contribution in [3.05, 3.63) is 231 Å². The van der Waals surface area contributed by atoms with E-state index in [9.17, 15) is 0 Å². The van der Waals surface area contributed by atoms with Crippen LogP contribution in [0.3, 0.4) is 0 Å². The molecule has 0 bridgehead atoms. The quantitative estimate of drug-likeness (QED) is 0.161. The molecule has 0 saturated carbocycles. The molecule has 0 spiro atoms. The van der Waals surface area contributed by atoms with Gasteiger partial charge in [-0.15, -0.1) is 0 Å². The lowest BCUT2D eigenvalue weighted by atomic mass is 9.94. The summed E-state index contributed by atoms with van der Waals surface area (Å²) in [6, 6.07) is 82.9. The van der Waals surface area contributed by atoms with Gasteiger partial charge in [0.2, 0.25) is 0 Å². The van der Waals surface area contributed by atoms with E-state index in [1.54, 1.807) is 0 Å². The summed E-state index contributed by atoms with van der Waals surface area (Å²) in [7, 11) is 0. The van der Waals surface area contributed by atoms with Crippen molar-refractivity contribution in [3.63, 3.8) is 0 Å². The van der Waals surface area contributed by atoms with Gasteiger partial charge in [0.25, 0.3) is 0 Å². The highest BCUT2D eigenvalue weighted by atomic mass is 16.3. The zero-order valence-corrected chi connectivity index (χ0v) is 33.2. The lowest BCUT2D eigenvalue weighted by Gasteiger charge is -2.27. The van der Waals surface area contributed by atoms with Crippen LogP contribution in [0.2, 0.25) is 0 Å². The molecule has 0 aliphatic carbocycles.